The van der Waals surface area contributed by atoms with Crippen LogP contribution in [0.2, 0.25) is 0 Å². The Hall–Kier alpha value is -1.59. The molecule has 3 aliphatic rings. The van der Waals surface area contributed by atoms with Gasteiger partial charge in [-0.2, -0.15) is 0 Å². The summed E-state index contributed by atoms with van der Waals surface area (Å²) < 4.78 is 0. The average Bonchev–Trinajstić information content (AvgIpc) is 2.78. The Labute approximate surface area is 143 Å². The van der Waals surface area contributed by atoms with Crippen LogP contribution >= 0.6 is 0 Å². The Balaban J connectivity index is 1.63. The molecule has 6 heteroatoms. The molecule has 4 atom stereocenters. The van der Waals surface area contributed by atoms with Gasteiger partial charge in [0.2, 0.25) is 5.91 Å². The normalized spacial score (nSPS) is 36.8. The Morgan fingerprint density at radius 2 is 1.88 bits per heavy atom. The lowest BCUT2D eigenvalue weighted by atomic mass is 9.73. The molecule has 4 amide bonds. The summed E-state index contributed by atoms with van der Waals surface area (Å²) in [5.74, 6) is 0.133. The van der Waals surface area contributed by atoms with E-state index in [0.717, 1.165) is 43.4 Å². The maximum absolute atomic E-state index is 12.9. The quantitative estimate of drug-likeness (QED) is 0.776. The van der Waals surface area contributed by atoms with Crippen molar-refractivity contribution in [3.63, 3.8) is 0 Å². The first-order valence-corrected chi connectivity index (χ1v) is 9.37. The molecule has 2 saturated carbocycles. The molecule has 1 saturated heterocycles. The highest BCUT2D eigenvalue weighted by Crippen LogP contribution is 2.38. The van der Waals surface area contributed by atoms with Crippen molar-refractivity contribution in [1.29, 1.82) is 0 Å². The van der Waals surface area contributed by atoms with E-state index in [1.807, 2.05) is 6.92 Å². The van der Waals surface area contributed by atoms with E-state index in [1.165, 1.54) is 6.42 Å². The summed E-state index contributed by atoms with van der Waals surface area (Å²) in [5.41, 5.74) is -0.784. The lowest BCUT2D eigenvalue weighted by Gasteiger charge is -2.36. The summed E-state index contributed by atoms with van der Waals surface area (Å²) in [6.07, 6.45) is 8.08. The fourth-order valence-electron chi connectivity index (χ4n) is 4.57. The second-order valence-corrected chi connectivity index (χ2v) is 7.88. The molecular formula is C18H29N3O3. The van der Waals surface area contributed by atoms with E-state index in [9.17, 15) is 14.4 Å². The highest BCUT2D eigenvalue weighted by Gasteiger charge is 2.55. The Morgan fingerprint density at radius 1 is 1.17 bits per heavy atom. The van der Waals surface area contributed by atoms with Gasteiger partial charge in [-0.3, -0.25) is 14.5 Å². The molecule has 0 unspecified atom stereocenters. The predicted molar refractivity (Wildman–Crippen MR) is 90.2 cm³/mol. The third-order valence-corrected chi connectivity index (χ3v) is 6.26. The molecule has 0 aromatic rings. The average molecular weight is 335 g/mol. The number of urea groups is 1. The van der Waals surface area contributed by atoms with Crippen LogP contribution in [0.1, 0.15) is 65.2 Å². The molecule has 2 N–H and O–H groups in total. The van der Waals surface area contributed by atoms with E-state index in [0.29, 0.717) is 12.3 Å². The van der Waals surface area contributed by atoms with E-state index in [4.69, 9.17) is 0 Å². The number of imide groups is 1. The van der Waals surface area contributed by atoms with Gasteiger partial charge in [0.25, 0.3) is 5.91 Å². The molecule has 1 spiro atoms. The van der Waals surface area contributed by atoms with Gasteiger partial charge in [0, 0.05) is 6.04 Å². The smallest absolute Gasteiger partial charge is 0.325 e. The molecule has 1 aliphatic heterocycles. The van der Waals surface area contributed by atoms with Crippen molar-refractivity contribution >= 4 is 17.8 Å². The standard InChI is InChI=1S/C18H29N3O3/c1-12-7-3-4-9-14(12)19-15(22)11-21-16(23)18(20-17(21)24)10-6-5-8-13(18)2/h12-14H,3-11H2,1-2H3,(H,19,22)(H,20,24)/t12-,13+,14-,18+/m1/s1. The Bertz CT molecular complexity index is 536. The number of rotatable bonds is 3. The third kappa shape index (κ3) is 3.03. The van der Waals surface area contributed by atoms with Crippen molar-refractivity contribution in [2.75, 3.05) is 6.54 Å². The van der Waals surface area contributed by atoms with Crippen LogP contribution in [-0.2, 0) is 9.59 Å². The van der Waals surface area contributed by atoms with Crippen LogP contribution in [0.5, 0.6) is 0 Å². The molecule has 1 heterocycles. The third-order valence-electron chi connectivity index (χ3n) is 6.26. The maximum Gasteiger partial charge on any atom is 0.325 e. The van der Waals surface area contributed by atoms with Crippen LogP contribution in [-0.4, -0.2) is 40.9 Å². The molecule has 0 bridgehead atoms. The molecule has 3 rings (SSSR count). The number of nitrogens with one attached hydrogen (secondary N) is 2. The zero-order valence-electron chi connectivity index (χ0n) is 14.8. The van der Waals surface area contributed by atoms with E-state index in [2.05, 4.69) is 17.6 Å². The first-order chi connectivity index (χ1) is 11.4. The van der Waals surface area contributed by atoms with Gasteiger partial charge in [0.15, 0.2) is 0 Å². The molecule has 0 radical (unpaired) electrons. The zero-order valence-corrected chi connectivity index (χ0v) is 14.8. The summed E-state index contributed by atoms with van der Waals surface area (Å²) in [6, 6.07) is -0.254. The van der Waals surface area contributed by atoms with E-state index in [-0.39, 0.29) is 30.3 Å². The van der Waals surface area contributed by atoms with Gasteiger partial charge in [-0.05, 0) is 37.5 Å². The lowest BCUT2D eigenvalue weighted by Crippen LogP contribution is -2.54. The second kappa shape index (κ2) is 6.73. The van der Waals surface area contributed by atoms with Crippen LogP contribution in [0.3, 0.4) is 0 Å². The highest BCUT2D eigenvalue weighted by atomic mass is 16.2. The molecule has 6 nitrogen and oxygen atoms in total. The van der Waals surface area contributed by atoms with Gasteiger partial charge in [-0.1, -0.05) is 39.5 Å². The van der Waals surface area contributed by atoms with E-state index < -0.39 is 11.6 Å². The van der Waals surface area contributed by atoms with Crippen molar-refractivity contribution in [3.05, 3.63) is 0 Å². The Morgan fingerprint density at radius 3 is 2.58 bits per heavy atom. The fraction of sp³-hybridized carbons (Fsp3) is 0.833. The second-order valence-electron chi connectivity index (χ2n) is 7.88. The van der Waals surface area contributed by atoms with E-state index >= 15 is 0 Å². The number of carbonyl (C=O) groups excluding carboxylic acids is 3. The number of amides is 4. The molecular weight excluding hydrogens is 306 g/mol. The van der Waals surface area contributed by atoms with Gasteiger partial charge in [0.05, 0.1) is 0 Å². The van der Waals surface area contributed by atoms with Crippen LogP contribution in [0.25, 0.3) is 0 Å². The summed E-state index contributed by atoms with van der Waals surface area (Å²) in [6.45, 7) is 4.00. The molecule has 3 fully saturated rings. The minimum Gasteiger partial charge on any atom is -0.352 e. The number of nitrogens with zero attached hydrogens (tertiary/aromatic N) is 1. The highest BCUT2D eigenvalue weighted by molar-refractivity contribution is 6.09. The monoisotopic (exact) mass is 335 g/mol. The maximum atomic E-state index is 12.9. The van der Waals surface area contributed by atoms with E-state index in [1.54, 1.807) is 0 Å². The minimum atomic E-state index is -0.784. The van der Waals surface area contributed by atoms with Crippen LogP contribution < -0.4 is 10.6 Å². The molecule has 0 aromatic carbocycles. The van der Waals surface area contributed by atoms with Gasteiger partial charge in [-0.25, -0.2) is 4.79 Å². The van der Waals surface area contributed by atoms with Crippen LogP contribution in [0, 0.1) is 11.8 Å². The fourth-order valence-corrected chi connectivity index (χ4v) is 4.57. The van der Waals surface area contributed by atoms with Crippen molar-refractivity contribution < 1.29 is 14.4 Å². The first kappa shape index (κ1) is 17.2. The summed E-state index contributed by atoms with van der Waals surface area (Å²) in [7, 11) is 0. The molecule has 2 aliphatic carbocycles. The van der Waals surface area contributed by atoms with Gasteiger partial charge in [0.1, 0.15) is 12.1 Å². The Kier molecular flexibility index (Phi) is 4.83. The first-order valence-electron chi connectivity index (χ1n) is 9.37. The van der Waals surface area contributed by atoms with Crippen molar-refractivity contribution in [2.45, 2.75) is 76.8 Å². The topological polar surface area (TPSA) is 78.5 Å². The number of hydrogen-bond donors (Lipinski definition) is 2. The molecule has 134 valence electrons. The summed E-state index contributed by atoms with van der Waals surface area (Å²) >= 11 is 0. The predicted octanol–water partition coefficient (Wildman–Crippen LogP) is 2.18. The number of carbonyl (C=O) groups is 3. The zero-order chi connectivity index (χ0) is 17.3. The lowest BCUT2D eigenvalue weighted by molar-refractivity contribution is -0.137. The minimum absolute atomic E-state index is 0.120. The number of hydrogen-bond acceptors (Lipinski definition) is 3. The van der Waals surface area contributed by atoms with Crippen molar-refractivity contribution in [1.82, 2.24) is 15.5 Å². The molecule has 0 aromatic heterocycles. The van der Waals surface area contributed by atoms with Crippen LogP contribution in [0.15, 0.2) is 0 Å². The molecule has 24 heavy (non-hydrogen) atoms. The SMILES string of the molecule is C[C@@H]1CCCC[C@H]1NC(=O)CN1C(=O)N[C@]2(CCCC[C@@H]2C)C1=O. The van der Waals surface area contributed by atoms with Gasteiger partial charge >= 0.3 is 6.03 Å². The van der Waals surface area contributed by atoms with Gasteiger partial charge < -0.3 is 10.6 Å². The van der Waals surface area contributed by atoms with Gasteiger partial charge in [-0.15, -0.1) is 0 Å². The largest absolute Gasteiger partial charge is 0.352 e. The van der Waals surface area contributed by atoms with Crippen LogP contribution in [0.4, 0.5) is 4.79 Å². The summed E-state index contributed by atoms with van der Waals surface area (Å²) in [4.78, 5) is 38.7. The van der Waals surface area contributed by atoms with Crippen molar-refractivity contribution in [2.24, 2.45) is 11.8 Å². The van der Waals surface area contributed by atoms with Crippen molar-refractivity contribution in [3.8, 4) is 0 Å². The summed E-state index contributed by atoms with van der Waals surface area (Å²) in [5, 5.41) is 5.92.